The van der Waals surface area contributed by atoms with Crippen molar-refractivity contribution >= 4 is 5.97 Å². The minimum atomic E-state index is -0.619. The van der Waals surface area contributed by atoms with Crippen molar-refractivity contribution in [1.29, 1.82) is 0 Å². The molecule has 0 rings (SSSR count). The van der Waals surface area contributed by atoms with Gasteiger partial charge in [0.1, 0.15) is 0 Å². The number of aliphatic hydroxyl groups is 1. The van der Waals surface area contributed by atoms with Crippen LogP contribution in [-0.2, 0) is 9.53 Å². The summed E-state index contributed by atoms with van der Waals surface area (Å²) in [6.45, 7) is 5.81. The quantitative estimate of drug-likeness (QED) is 0.666. The number of carbonyl (C=O) groups is 1. The Labute approximate surface area is 80.1 Å². The molecule has 1 N–H and O–H groups in total. The third-order valence-electron chi connectivity index (χ3n) is 2.14. The van der Waals surface area contributed by atoms with E-state index in [4.69, 9.17) is 0 Å². The van der Waals surface area contributed by atoms with E-state index in [9.17, 15) is 9.90 Å². The summed E-state index contributed by atoms with van der Waals surface area (Å²) in [5.41, 5.74) is 0. The fraction of sp³-hybridized carbons (Fsp3) is 0.900. The normalized spacial score (nSPS) is 15.5. The highest BCUT2D eigenvalue weighted by Crippen LogP contribution is 2.16. The van der Waals surface area contributed by atoms with Crippen LogP contribution in [0.1, 0.15) is 33.6 Å². The van der Waals surface area contributed by atoms with Crippen LogP contribution in [0.15, 0.2) is 0 Å². The monoisotopic (exact) mass is 188 g/mol. The number of carbonyl (C=O) groups excluding carboxylic acids is 1. The Morgan fingerprint density at radius 2 is 1.85 bits per heavy atom. The first-order chi connectivity index (χ1) is 5.99. The van der Waals surface area contributed by atoms with Crippen LogP contribution in [0, 0.1) is 11.8 Å². The van der Waals surface area contributed by atoms with Crippen molar-refractivity contribution in [3.05, 3.63) is 0 Å². The molecular weight excluding hydrogens is 168 g/mol. The van der Waals surface area contributed by atoms with Crippen molar-refractivity contribution in [2.24, 2.45) is 11.8 Å². The first-order valence-corrected chi connectivity index (χ1v) is 4.75. The molecule has 0 radical (unpaired) electrons. The van der Waals surface area contributed by atoms with Gasteiger partial charge < -0.3 is 9.84 Å². The van der Waals surface area contributed by atoms with Gasteiger partial charge in [0.15, 0.2) is 0 Å². The Balaban J connectivity index is 4.03. The molecule has 78 valence electrons. The molecule has 0 saturated heterocycles. The van der Waals surface area contributed by atoms with E-state index < -0.39 is 6.10 Å². The molecule has 0 amide bonds. The van der Waals surface area contributed by atoms with Gasteiger partial charge in [0.05, 0.1) is 19.1 Å². The van der Waals surface area contributed by atoms with E-state index in [-0.39, 0.29) is 11.9 Å². The molecule has 0 aromatic carbocycles. The van der Waals surface area contributed by atoms with Crippen LogP contribution in [0.25, 0.3) is 0 Å². The lowest BCUT2D eigenvalue weighted by atomic mass is 9.94. The summed E-state index contributed by atoms with van der Waals surface area (Å²) in [5.74, 6) is -0.131. The standard InChI is InChI=1S/C10H20O3/c1-7(2)5-6-9(8(3)11)10(12)13-4/h7-9,11H,5-6H2,1-4H3/t8-,9?/m0/s1. The minimum Gasteiger partial charge on any atom is -0.469 e. The van der Waals surface area contributed by atoms with Crippen molar-refractivity contribution in [1.82, 2.24) is 0 Å². The molecular formula is C10H20O3. The van der Waals surface area contributed by atoms with Gasteiger partial charge >= 0.3 is 5.97 Å². The molecule has 13 heavy (non-hydrogen) atoms. The van der Waals surface area contributed by atoms with Crippen LogP contribution in [0.5, 0.6) is 0 Å². The van der Waals surface area contributed by atoms with E-state index in [1.807, 2.05) is 0 Å². The molecule has 0 aliphatic rings. The summed E-state index contributed by atoms with van der Waals surface area (Å²) in [4.78, 5) is 11.2. The first kappa shape index (κ1) is 12.4. The fourth-order valence-electron chi connectivity index (χ4n) is 1.22. The molecule has 0 heterocycles. The van der Waals surface area contributed by atoms with Crippen LogP contribution in [-0.4, -0.2) is 24.3 Å². The smallest absolute Gasteiger partial charge is 0.311 e. The van der Waals surface area contributed by atoms with E-state index in [1.165, 1.54) is 7.11 Å². The summed E-state index contributed by atoms with van der Waals surface area (Å²) in [7, 11) is 1.35. The summed E-state index contributed by atoms with van der Waals surface area (Å²) < 4.78 is 4.61. The van der Waals surface area contributed by atoms with E-state index >= 15 is 0 Å². The summed E-state index contributed by atoms with van der Waals surface area (Å²) in [5, 5.41) is 9.33. The Morgan fingerprint density at radius 1 is 1.31 bits per heavy atom. The molecule has 0 fully saturated rings. The largest absolute Gasteiger partial charge is 0.469 e. The van der Waals surface area contributed by atoms with Crippen LogP contribution in [0.2, 0.25) is 0 Å². The van der Waals surface area contributed by atoms with E-state index in [0.29, 0.717) is 12.3 Å². The maximum absolute atomic E-state index is 11.2. The summed E-state index contributed by atoms with van der Waals surface area (Å²) in [6, 6.07) is 0. The molecule has 0 bridgehead atoms. The van der Waals surface area contributed by atoms with Crippen LogP contribution < -0.4 is 0 Å². The second kappa shape index (κ2) is 5.97. The summed E-state index contributed by atoms with van der Waals surface area (Å²) in [6.07, 6.45) is 1.01. The van der Waals surface area contributed by atoms with Gasteiger partial charge in [-0.2, -0.15) is 0 Å². The van der Waals surface area contributed by atoms with Crippen molar-refractivity contribution in [3.63, 3.8) is 0 Å². The highest BCUT2D eigenvalue weighted by Gasteiger charge is 2.24. The lowest BCUT2D eigenvalue weighted by molar-refractivity contribution is -0.149. The average molecular weight is 188 g/mol. The first-order valence-electron chi connectivity index (χ1n) is 4.75. The van der Waals surface area contributed by atoms with Crippen LogP contribution in [0.3, 0.4) is 0 Å². The van der Waals surface area contributed by atoms with Crippen LogP contribution in [0.4, 0.5) is 0 Å². The molecule has 2 atom stereocenters. The second-order valence-electron chi connectivity index (χ2n) is 3.84. The lowest BCUT2D eigenvalue weighted by Gasteiger charge is -2.17. The van der Waals surface area contributed by atoms with E-state index in [1.54, 1.807) is 6.92 Å². The van der Waals surface area contributed by atoms with E-state index in [0.717, 1.165) is 6.42 Å². The number of aliphatic hydroxyl groups excluding tert-OH is 1. The molecule has 0 aromatic rings. The van der Waals surface area contributed by atoms with Gasteiger partial charge in [-0.25, -0.2) is 0 Å². The van der Waals surface area contributed by atoms with Crippen molar-refractivity contribution in [2.45, 2.75) is 39.7 Å². The Kier molecular flexibility index (Phi) is 5.71. The van der Waals surface area contributed by atoms with Gasteiger partial charge in [-0.05, 0) is 19.3 Å². The minimum absolute atomic E-state index is 0.310. The molecule has 3 heteroatoms. The molecule has 3 nitrogen and oxygen atoms in total. The Morgan fingerprint density at radius 3 is 2.15 bits per heavy atom. The molecule has 0 aliphatic carbocycles. The van der Waals surface area contributed by atoms with Gasteiger partial charge in [-0.15, -0.1) is 0 Å². The van der Waals surface area contributed by atoms with Crippen molar-refractivity contribution in [2.75, 3.05) is 7.11 Å². The highest BCUT2D eigenvalue weighted by atomic mass is 16.5. The highest BCUT2D eigenvalue weighted by molar-refractivity contribution is 5.72. The third kappa shape index (κ3) is 4.88. The molecule has 1 unspecified atom stereocenters. The average Bonchev–Trinajstić information content (AvgIpc) is 2.03. The maximum atomic E-state index is 11.2. The fourth-order valence-corrected chi connectivity index (χ4v) is 1.22. The maximum Gasteiger partial charge on any atom is 0.311 e. The van der Waals surface area contributed by atoms with Gasteiger partial charge in [0.25, 0.3) is 0 Å². The zero-order valence-corrected chi connectivity index (χ0v) is 8.91. The predicted molar refractivity (Wildman–Crippen MR) is 51.3 cm³/mol. The number of rotatable bonds is 5. The molecule has 0 spiro atoms. The Hall–Kier alpha value is -0.570. The summed E-state index contributed by atoms with van der Waals surface area (Å²) >= 11 is 0. The van der Waals surface area contributed by atoms with Gasteiger partial charge in [-0.3, -0.25) is 4.79 Å². The number of hydrogen-bond acceptors (Lipinski definition) is 3. The number of methoxy groups -OCH3 is 1. The zero-order chi connectivity index (χ0) is 10.4. The third-order valence-corrected chi connectivity index (χ3v) is 2.14. The SMILES string of the molecule is COC(=O)C(CCC(C)C)[C@H](C)O. The Bertz CT molecular complexity index is 152. The molecule has 0 aromatic heterocycles. The van der Waals surface area contributed by atoms with Gasteiger partial charge in [0.2, 0.25) is 0 Å². The van der Waals surface area contributed by atoms with Crippen molar-refractivity contribution in [3.8, 4) is 0 Å². The van der Waals surface area contributed by atoms with Crippen molar-refractivity contribution < 1.29 is 14.6 Å². The zero-order valence-electron chi connectivity index (χ0n) is 8.91. The van der Waals surface area contributed by atoms with Crippen LogP contribution >= 0.6 is 0 Å². The number of ether oxygens (including phenoxy) is 1. The molecule has 0 aliphatic heterocycles. The van der Waals surface area contributed by atoms with E-state index in [2.05, 4.69) is 18.6 Å². The predicted octanol–water partition coefficient (Wildman–Crippen LogP) is 1.59. The van der Waals surface area contributed by atoms with Gasteiger partial charge in [-0.1, -0.05) is 20.3 Å². The second-order valence-corrected chi connectivity index (χ2v) is 3.84. The lowest BCUT2D eigenvalue weighted by Crippen LogP contribution is -2.27. The number of hydrogen-bond donors (Lipinski definition) is 1. The van der Waals surface area contributed by atoms with Gasteiger partial charge in [0, 0.05) is 0 Å². The molecule has 0 saturated carbocycles. The number of esters is 1. The topological polar surface area (TPSA) is 46.5 Å².